The number of carbonyl (C=O) groups is 1. The van der Waals surface area contributed by atoms with Gasteiger partial charge in [0.1, 0.15) is 0 Å². The van der Waals surface area contributed by atoms with Crippen molar-refractivity contribution in [3.05, 3.63) is 29.6 Å². The highest BCUT2D eigenvalue weighted by atomic mass is 19.1. The second-order valence-corrected chi connectivity index (χ2v) is 4.81. The van der Waals surface area contributed by atoms with Crippen LogP contribution in [0.4, 0.5) is 4.39 Å². The number of benzene rings is 1. The molecule has 0 bridgehead atoms. The Bertz CT molecular complexity index is 433. The Kier molecular flexibility index (Phi) is 4.67. The van der Waals surface area contributed by atoms with Crippen LogP contribution < -0.4 is 10.6 Å². The van der Waals surface area contributed by atoms with Gasteiger partial charge in [0.2, 0.25) is 5.91 Å². The summed E-state index contributed by atoms with van der Waals surface area (Å²) in [5.41, 5.74) is -0.0831. The van der Waals surface area contributed by atoms with E-state index < -0.39 is 11.2 Å². The monoisotopic (exact) mass is 254 g/mol. The van der Waals surface area contributed by atoms with E-state index in [1.165, 1.54) is 12.1 Å². The van der Waals surface area contributed by atoms with Gasteiger partial charge in [-0.3, -0.25) is 4.79 Å². The molecule has 0 atom stereocenters. The number of phenolic OH excluding ortho intramolecular Hbond substituents is 1. The smallest absolute Gasteiger partial charge is 0.226 e. The van der Waals surface area contributed by atoms with Crippen LogP contribution >= 0.6 is 0 Å². The first kappa shape index (κ1) is 14.4. The third kappa shape index (κ3) is 3.43. The van der Waals surface area contributed by atoms with Gasteiger partial charge in [-0.2, -0.15) is 0 Å². The van der Waals surface area contributed by atoms with E-state index in [4.69, 9.17) is 0 Å². The maximum Gasteiger partial charge on any atom is 0.226 e. The van der Waals surface area contributed by atoms with Crippen molar-refractivity contribution in [1.82, 2.24) is 10.6 Å². The third-order valence-electron chi connectivity index (χ3n) is 2.79. The summed E-state index contributed by atoms with van der Waals surface area (Å²) in [4.78, 5) is 11.5. The van der Waals surface area contributed by atoms with Crippen LogP contribution in [0.5, 0.6) is 5.75 Å². The minimum atomic E-state index is -0.639. The average molecular weight is 254 g/mol. The molecule has 0 heterocycles. The van der Waals surface area contributed by atoms with Gasteiger partial charge in [-0.25, -0.2) is 4.39 Å². The van der Waals surface area contributed by atoms with Crippen LogP contribution in [0.25, 0.3) is 0 Å². The largest absolute Gasteiger partial charge is 0.505 e. The highest BCUT2D eigenvalue weighted by molar-refractivity contribution is 5.81. The zero-order valence-electron chi connectivity index (χ0n) is 10.9. The first-order chi connectivity index (χ1) is 8.38. The van der Waals surface area contributed by atoms with Crippen molar-refractivity contribution >= 4 is 5.91 Å². The van der Waals surface area contributed by atoms with E-state index in [2.05, 4.69) is 10.6 Å². The molecule has 100 valence electrons. The number of rotatable bonds is 5. The third-order valence-corrected chi connectivity index (χ3v) is 2.79. The molecule has 0 saturated heterocycles. The number of amides is 1. The zero-order valence-corrected chi connectivity index (χ0v) is 10.9. The van der Waals surface area contributed by atoms with Crippen LogP contribution in [-0.4, -0.2) is 24.6 Å². The van der Waals surface area contributed by atoms with Gasteiger partial charge in [0.25, 0.3) is 0 Å². The highest BCUT2D eigenvalue weighted by Gasteiger charge is 2.25. The lowest BCUT2D eigenvalue weighted by Crippen LogP contribution is -2.41. The molecule has 1 aromatic carbocycles. The second kappa shape index (κ2) is 5.82. The lowest BCUT2D eigenvalue weighted by molar-refractivity contribution is -0.128. The zero-order chi connectivity index (χ0) is 13.8. The van der Waals surface area contributed by atoms with E-state index in [-0.39, 0.29) is 11.7 Å². The Balaban J connectivity index is 2.57. The molecule has 1 rings (SSSR count). The summed E-state index contributed by atoms with van der Waals surface area (Å²) >= 11 is 0. The number of hydrogen-bond donors (Lipinski definition) is 3. The number of para-hydroxylation sites is 1. The maximum absolute atomic E-state index is 13.1. The summed E-state index contributed by atoms with van der Waals surface area (Å²) in [6, 6.07) is 4.38. The summed E-state index contributed by atoms with van der Waals surface area (Å²) in [5.74, 6) is -1.05. The Hall–Kier alpha value is -1.62. The van der Waals surface area contributed by atoms with Gasteiger partial charge in [0.05, 0.1) is 5.41 Å². The standard InChI is InChI=1S/C13H19FN2O2/c1-13(2,12(18)15-3)8-16-7-9-5-4-6-10(14)11(9)17/h4-6,16-17H,7-8H2,1-3H3,(H,15,18). The molecule has 5 heteroatoms. The van der Waals surface area contributed by atoms with Crippen molar-refractivity contribution in [1.29, 1.82) is 0 Å². The van der Waals surface area contributed by atoms with Crippen LogP contribution in [0, 0.1) is 11.2 Å². The first-order valence-electron chi connectivity index (χ1n) is 5.77. The van der Waals surface area contributed by atoms with Crippen LogP contribution in [-0.2, 0) is 11.3 Å². The van der Waals surface area contributed by atoms with E-state index in [9.17, 15) is 14.3 Å². The highest BCUT2D eigenvalue weighted by Crippen LogP contribution is 2.21. The summed E-state index contributed by atoms with van der Waals surface area (Å²) < 4.78 is 13.1. The van der Waals surface area contributed by atoms with Gasteiger partial charge in [-0.15, -0.1) is 0 Å². The Morgan fingerprint density at radius 1 is 1.44 bits per heavy atom. The molecule has 0 saturated carbocycles. The fraction of sp³-hybridized carbons (Fsp3) is 0.462. The van der Waals surface area contributed by atoms with Gasteiger partial charge in [-0.05, 0) is 19.9 Å². The van der Waals surface area contributed by atoms with Crippen molar-refractivity contribution < 1.29 is 14.3 Å². The SMILES string of the molecule is CNC(=O)C(C)(C)CNCc1cccc(F)c1O. The van der Waals surface area contributed by atoms with E-state index in [0.29, 0.717) is 18.7 Å². The molecule has 3 N–H and O–H groups in total. The molecule has 0 aliphatic carbocycles. The van der Waals surface area contributed by atoms with Crippen LogP contribution in [0.1, 0.15) is 19.4 Å². The predicted molar refractivity (Wildman–Crippen MR) is 67.6 cm³/mol. The average Bonchev–Trinajstić information content (AvgIpc) is 2.33. The van der Waals surface area contributed by atoms with Crippen LogP contribution in [0.2, 0.25) is 0 Å². The first-order valence-corrected chi connectivity index (χ1v) is 5.77. The Morgan fingerprint density at radius 2 is 2.11 bits per heavy atom. The number of nitrogens with one attached hydrogen (secondary N) is 2. The molecule has 18 heavy (non-hydrogen) atoms. The van der Waals surface area contributed by atoms with Crippen molar-refractivity contribution in [2.24, 2.45) is 5.41 Å². The predicted octanol–water partition coefficient (Wildman–Crippen LogP) is 1.39. The Labute approximate surface area is 106 Å². The van der Waals surface area contributed by atoms with Gasteiger partial charge in [0, 0.05) is 25.7 Å². The maximum atomic E-state index is 13.1. The molecule has 0 aliphatic rings. The van der Waals surface area contributed by atoms with E-state index in [1.807, 2.05) is 13.8 Å². The van der Waals surface area contributed by atoms with Crippen LogP contribution in [0.15, 0.2) is 18.2 Å². The topological polar surface area (TPSA) is 61.4 Å². The van der Waals surface area contributed by atoms with Crippen molar-refractivity contribution in [3.8, 4) is 5.75 Å². The molecule has 0 aromatic heterocycles. The summed E-state index contributed by atoms with van der Waals surface area (Å²) in [6.45, 7) is 4.36. The number of halogens is 1. The molecule has 0 radical (unpaired) electrons. The van der Waals surface area contributed by atoms with Crippen molar-refractivity contribution in [2.45, 2.75) is 20.4 Å². The van der Waals surface area contributed by atoms with Crippen LogP contribution in [0.3, 0.4) is 0 Å². The Morgan fingerprint density at radius 3 is 2.72 bits per heavy atom. The van der Waals surface area contributed by atoms with E-state index >= 15 is 0 Å². The molecule has 4 nitrogen and oxygen atoms in total. The van der Waals surface area contributed by atoms with Gasteiger partial charge < -0.3 is 15.7 Å². The van der Waals surface area contributed by atoms with Crippen molar-refractivity contribution in [2.75, 3.05) is 13.6 Å². The minimum Gasteiger partial charge on any atom is -0.505 e. The van der Waals surface area contributed by atoms with Gasteiger partial charge in [0.15, 0.2) is 11.6 Å². The number of carbonyl (C=O) groups excluding carboxylic acids is 1. The van der Waals surface area contributed by atoms with E-state index in [1.54, 1.807) is 13.1 Å². The minimum absolute atomic E-state index is 0.0709. The molecular weight excluding hydrogens is 235 g/mol. The molecule has 1 amide bonds. The van der Waals surface area contributed by atoms with Gasteiger partial charge >= 0.3 is 0 Å². The van der Waals surface area contributed by atoms with E-state index in [0.717, 1.165) is 0 Å². The number of aromatic hydroxyl groups is 1. The molecule has 0 aliphatic heterocycles. The van der Waals surface area contributed by atoms with Gasteiger partial charge in [-0.1, -0.05) is 12.1 Å². The summed E-state index contributed by atoms with van der Waals surface area (Å²) in [5, 5.41) is 15.1. The number of phenols is 1. The summed E-state index contributed by atoms with van der Waals surface area (Å²) in [7, 11) is 1.59. The molecule has 1 aromatic rings. The molecule has 0 unspecified atom stereocenters. The molecule has 0 fully saturated rings. The lowest BCUT2D eigenvalue weighted by atomic mass is 9.92. The fourth-order valence-corrected chi connectivity index (χ4v) is 1.63. The normalized spacial score (nSPS) is 11.3. The van der Waals surface area contributed by atoms with Crippen molar-refractivity contribution in [3.63, 3.8) is 0 Å². The fourth-order valence-electron chi connectivity index (χ4n) is 1.63. The summed E-state index contributed by atoms with van der Waals surface area (Å²) in [6.07, 6.45) is 0. The second-order valence-electron chi connectivity index (χ2n) is 4.81. The quantitative estimate of drug-likeness (QED) is 0.744. The number of hydrogen-bond acceptors (Lipinski definition) is 3. The molecule has 0 spiro atoms. The lowest BCUT2D eigenvalue weighted by Gasteiger charge is -2.23. The molecular formula is C13H19FN2O2.